The van der Waals surface area contributed by atoms with Gasteiger partial charge in [0.05, 0.1) is 16.7 Å². The number of hydrogen-bond donors (Lipinski definition) is 1. The molecule has 1 atom stereocenters. The molecule has 0 fully saturated rings. The average molecular weight is 392 g/mol. The van der Waals surface area contributed by atoms with Crippen LogP contribution in [-0.4, -0.2) is 35.8 Å². The zero-order chi connectivity index (χ0) is 20.6. The molecule has 1 heterocycles. The largest absolute Gasteiger partial charge is 0.480 e. The molecule has 0 radical (unpaired) electrons. The summed E-state index contributed by atoms with van der Waals surface area (Å²) in [6, 6.07) is 8.75. The van der Waals surface area contributed by atoms with Crippen molar-refractivity contribution in [3.8, 4) is 5.75 Å². The predicted octanol–water partition coefficient (Wildman–Crippen LogP) is 3.34. The fourth-order valence-corrected chi connectivity index (χ4v) is 2.73. The van der Waals surface area contributed by atoms with Crippen LogP contribution in [0.4, 0.5) is 18.9 Å². The molecule has 0 aliphatic carbocycles. The maximum Gasteiger partial charge on any atom is 0.419 e. The van der Waals surface area contributed by atoms with E-state index in [4.69, 9.17) is 4.74 Å². The maximum atomic E-state index is 13.0. The van der Waals surface area contributed by atoms with Gasteiger partial charge in [-0.2, -0.15) is 13.2 Å². The zero-order valence-corrected chi connectivity index (χ0v) is 14.8. The number of para-hydroxylation sites is 1. The van der Waals surface area contributed by atoms with Gasteiger partial charge in [-0.15, -0.1) is 0 Å². The summed E-state index contributed by atoms with van der Waals surface area (Å²) in [4.78, 5) is 37.1. The van der Waals surface area contributed by atoms with Gasteiger partial charge in [-0.3, -0.25) is 19.3 Å². The number of benzene rings is 2. The Morgan fingerprint density at radius 1 is 1.07 bits per heavy atom. The Morgan fingerprint density at radius 3 is 2.39 bits per heavy atom. The van der Waals surface area contributed by atoms with E-state index in [1.54, 1.807) is 0 Å². The minimum Gasteiger partial charge on any atom is -0.480 e. The van der Waals surface area contributed by atoms with Crippen LogP contribution in [0.2, 0.25) is 0 Å². The number of amides is 3. The van der Waals surface area contributed by atoms with E-state index >= 15 is 0 Å². The Balaban J connectivity index is 1.75. The summed E-state index contributed by atoms with van der Waals surface area (Å²) in [6.07, 6.45) is -5.86. The van der Waals surface area contributed by atoms with Gasteiger partial charge in [-0.05, 0) is 37.3 Å². The lowest BCUT2D eigenvalue weighted by Gasteiger charge is -2.18. The average Bonchev–Trinajstić information content (AvgIpc) is 2.85. The lowest BCUT2D eigenvalue weighted by Crippen LogP contribution is -2.30. The molecule has 0 bridgehead atoms. The molecule has 2 aromatic rings. The third kappa shape index (κ3) is 3.55. The van der Waals surface area contributed by atoms with Gasteiger partial charge >= 0.3 is 6.18 Å². The summed E-state index contributed by atoms with van der Waals surface area (Å²) >= 11 is 0. The van der Waals surface area contributed by atoms with Crippen molar-refractivity contribution >= 4 is 23.4 Å². The van der Waals surface area contributed by atoms with Crippen LogP contribution in [0.5, 0.6) is 5.75 Å². The quantitative estimate of drug-likeness (QED) is 0.810. The summed E-state index contributed by atoms with van der Waals surface area (Å²) < 4.78 is 44.3. The topological polar surface area (TPSA) is 75.7 Å². The number of alkyl halides is 3. The first-order valence-electron chi connectivity index (χ1n) is 8.19. The molecule has 1 unspecified atom stereocenters. The lowest BCUT2D eigenvalue weighted by molar-refractivity contribution is -0.140. The molecular formula is C19H15F3N2O4. The highest BCUT2D eigenvalue weighted by molar-refractivity contribution is 6.21. The number of rotatable bonds is 4. The molecule has 146 valence electrons. The molecule has 0 saturated heterocycles. The molecule has 9 heteroatoms. The van der Waals surface area contributed by atoms with E-state index in [-0.39, 0.29) is 16.8 Å². The SMILES string of the molecule is CC(Oc1ccccc1C(F)(F)F)C(=O)Nc1ccc2c(c1)C(=O)N(C)C2=O. The second-order valence-electron chi connectivity index (χ2n) is 6.17. The molecule has 0 spiro atoms. The van der Waals surface area contributed by atoms with Crippen LogP contribution in [0.25, 0.3) is 0 Å². The van der Waals surface area contributed by atoms with E-state index in [0.29, 0.717) is 0 Å². The molecular weight excluding hydrogens is 377 g/mol. The van der Waals surface area contributed by atoms with Crippen molar-refractivity contribution in [2.75, 3.05) is 12.4 Å². The second kappa shape index (κ2) is 6.99. The highest BCUT2D eigenvalue weighted by Crippen LogP contribution is 2.36. The van der Waals surface area contributed by atoms with Gasteiger partial charge < -0.3 is 10.1 Å². The monoisotopic (exact) mass is 392 g/mol. The minimum absolute atomic E-state index is 0.140. The second-order valence-corrected chi connectivity index (χ2v) is 6.17. The number of carbonyl (C=O) groups excluding carboxylic acids is 3. The highest BCUT2D eigenvalue weighted by Gasteiger charge is 2.35. The third-order valence-corrected chi connectivity index (χ3v) is 4.22. The maximum absolute atomic E-state index is 13.0. The van der Waals surface area contributed by atoms with E-state index in [2.05, 4.69) is 5.32 Å². The summed E-state index contributed by atoms with van der Waals surface area (Å²) in [5.41, 5.74) is -0.408. The molecule has 3 amide bonds. The Labute approximate surface area is 157 Å². The van der Waals surface area contributed by atoms with Crippen molar-refractivity contribution in [3.05, 3.63) is 59.2 Å². The molecule has 28 heavy (non-hydrogen) atoms. The van der Waals surface area contributed by atoms with E-state index in [1.807, 2.05) is 0 Å². The lowest BCUT2D eigenvalue weighted by atomic mass is 10.1. The molecule has 3 rings (SSSR count). The molecule has 6 nitrogen and oxygen atoms in total. The van der Waals surface area contributed by atoms with Crippen molar-refractivity contribution in [1.82, 2.24) is 4.90 Å². The van der Waals surface area contributed by atoms with Crippen LogP contribution in [0.1, 0.15) is 33.2 Å². The van der Waals surface area contributed by atoms with Crippen molar-refractivity contribution in [2.45, 2.75) is 19.2 Å². The number of hydrogen-bond acceptors (Lipinski definition) is 4. The zero-order valence-electron chi connectivity index (χ0n) is 14.8. The van der Waals surface area contributed by atoms with Crippen LogP contribution in [0.15, 0.2) is 42.5 Å². The predicted molar refractivity (Wildman–Crippen MR) is 93.0 cm³/mol. The Bertz CT molecular complexity index is 972. The highest BCUT2D eigenvalue weighted by atomic mass is 19.4. The standard InChI is InChI=1S/C19H15F3N2O4/c1-10(28-15-6-4-3-5-14(15)19(20,21)22)16(25)23-11-7-8-12-13(9-11)18(27)24(2)17(12)26/h3-10H,1-2H3,(H,23,25). The van der Waals surface area contributed by atoms with E-state index in [0.717, 1.165) is 17.0 Å². The summed E-state index contributed by atoms with van der Waals surface area (Å²) in [5, 5.41) is 2.47. The van der Waals surface area contributed by atoms with Crippen LogP contribution in [0, 0.1) is 0 Å². The number of fused-ring (bicyclic) bond motifs is 1. The number of imide groups is 1. The smallest absolute Gasteiger partial charge is 0.419 e. The first-order valence-corrected chi connectivity index (χ1v) is 8.19. The number of nitrogens with zero attached hydrogens (tertiary/aromatic N) is 1. The Hall–Kier alpha value is -3.36. The van der Waals surface area contributed by atoms with E-state index < -0.39 is 41.3 Å². The number of anilines is 1. The van der Waals surface area contributed by atoms with Gasteiger partial charge in [0.25, 0.3) is 17.7 Å². The van der Waals surface area contributed by atoms with Gasteiger partial charge in [0.2, 0.25) is 0 Å². The van der Waals surface area contributed by atoms with Crippen LogP contribution in [-0.2, 0) is 11.0 Å². The molecule has 0 aromatic heterocycles. The number of ether oxygens (including phenoxy) is 1. The van der Waals surface area contributed by atoms with E-state index in [9.17, 15) is 27.6 Å². The van der Waals surface area contributed by atoms with Gasteiger partial charge in [-0.1, -0.05) is 12.1 Å². The fraction of sp³-hybridized carbons (Fsp3) is 0.211. The number of halogens is 3. The van der Waals surface area contributed by atoms with Crippen molar-refractivity contribution in [2.24, 2.45) is 0 Å². The molecule has 1 N–H and O–H groups in total. The normalized spacial score (nSPS) is 14.7. The van der Waals surface area contributed by atoms with Gasteiger partial charge in [0.15, 0.2) is 6.10 Å². The van der Waals surface area contributed by atoms with Crippen LogP contribution in [0.3, 0.4) is 0 Å². The van der Waals surface area contributed by atoms with Crippen LogP contribution < -0.4 is 10.1 Å². The molecule has 0 saturated carbocycles. The number of carbonyl (C=O) groups is 3. The third-order valence-electron chi connectivity index (χ3n) is 4.22. The Kier molecular flexibility index (Phi) is 4.84. The minimum atomic E-state index is -4.62. The fourth-order valence-electron chi connectivity index (χ4n) is 2.73. The van der Waals surface area contributed by atoms with E-state index in [1.165, 1.54) is 44.3 Å². The summed E-state index contributed by atoms with van der Waals surface area (Å²) in [6.45, 7) is 1.30. The van der Waals surface area contributed by atoms with Gasteiger partial charge in [-0.25, -0.2) is 0 Å². The van der Waals surface area contributed by atoms with Crippen molar-refractivity contribution < 1.29 is 32.3 Å². The summed E-state index contributed by atoms with van der Waals surface area (Å²) in [7, 11) is 1.34. The molecule has 1 aliphatic heterocycles. The number of nitrogens with one attached hydrogen (secondary N) is 1. The molecule has 1 aliphatic rings. The first kappa shape index (κ1) is 19.4. The van der Waals surface area contributed by atoms with Crippen molar-refractivity contribution in [3.63, 3.8) is 0 Å². The van der Waals surface area contributed by atoms with Crippen molar-refractivity contribution in [1.29, 1.82) is 0 Å². The van der Waals surface area contributed by atoms with Crippen LogP contribution >= 0.6 is 0 Å². The van der Waals surface area contributed by atoms with Gasteiger partial charge in [0, 0.05) is 12.7 Å². The van der Waals surface area contributed by atoms with Gasteiger partial charge in [0.1, 0.15) is 5.75 Å². The Morgan fingerprint density at radius 2 is 1.71 bits per heavy atom. The summed E-state index contributed by atoms with van der Waals surface area (Å²) in [5.74, 6) is -2.12. The molecule has 2 aromatic carbocycles. The first-order chi connectivity index (χ1) is 13.1.